The summed E-state index contributed by atoms with van der Waals surface area (Å²) in [5.41, 5.74) is 11.9. The molecule has 0 aliphatic rings. The zero-order valence-corrected chi connectivity index (χ0v) is 25.6. The van der Waals surface area contributed by atoms with E-state index in [1.54, 1.807) is 0 Å². The van der Waals surface area contributed by atoms with Crippen LogP contribution in [0.3, 0.4) is 0 Å². The molecule has 4 aromatic rings. The van der Waals surface area contributed by atoms with Crippen molar-refractivity contribution in [2.75, 3.05) is 13.1 Å². The van der Waals surface area contributed by atoms with Crippen LogP contribution in [0.5, 0.6) is 5.75 Å². The average Bonchev–Trinajstić information content (AvgIpc) is 3.20. The molecule has 0 aliphatic heterocycles. The van der Waals surface area contributed by atoms with Crippen molar-refractivity contribution in [3.63, 3.8) is 0 Å². The third-order valence-electron chi connectivity index (χ3n) is 7.18. The minimum absolute atomic E-state index is 0.0559. The molecule has 0 spiro atoms. The number of imidazole rings is 1. The van der Waals surface area contributed by atoms with Gasteiger partial charge in [-0.3, -0.25) is 4.79 Å². The fourth-order valence-electron chi connectivity index (χ4n) is 5.12. The zero-order valence-electron chi connectivity index (χ0n) is 24.1. The first kappa shape index (κ1) is 30.6. The Labute approximate surface area is 252 Å². The van der Waals surface area contributed by atoms with E-state index in [9.17, 15) is 4.79 Å². The van der Waals surface area contributed by atoms with E-state index in [-0.39, 0.29) is 5.91 Å². The van der Waals surface area contributed by atoms with Gasteiger partial charge in [-0.25, -0.2) is 9.13 Å². The predicted molar refractivity (Wildman–Crippen MR) is 169 cm³/mol. The van der Waals surface area contributed by atoms with Crippen molar-refractivity contribution in [1.82, 2.24) is 9.88 Å². The molecule has 1 amide bonds. The molecule has 6 nitrogen and oxygen atoms in total. The molecule has 3 N–H and O–H groups in total. The van der Waals surface area contributed by atoms with Gasteiger partial charge >= 0.3 is 0 Å². The summed E-state index contributed by atoms with van der Waals surface area (Å²) in [6.07, 6.45) is 7.49. The summed E-state index contributed by atoms with van der Waals surface area (Å²) in [6.45, 7) is 6.48. The van der Waals surface area contributed by atoms with Crippen molar-refractivity contribution in [3.05, 3.63) is 92.7 Å². The fourth-order valence-corrected chi connectivity index (χ4v) is 5.43. The van der Waals surface area contributed by atoms with Gasteiger partial charge in [-0.05, 0) is 73.6 Å². The predicted octanol–water partition coefficient (Wildman–Crippen LogP) is 6.77. The number of fused-ring (bicyclic) bond motifs is 1. The first-order chi connectivity index (χ1) is 19.8. The molecule has 0 saturated carbocycles. The topological polar surface area (TPSA) is 73.2 Å². The maximum atomic E-state index is 11.9. The van der Waals surface area contributed by atoms with Crippen molar-refractivity contribution >= 4 is 52.3 Å². The van der Waals surface area contributed by atoms with E-state index in [0.29, 0.717) is 36.2 Å². The minimum atomic E-state index is 0.0559. The molecule has 0 unspecified atom stereocenters. The normalized spacial score (nSPS) is 11.5. The zero-order chi connectivity index (χ0) is 29.4. The summed E-state index contributed by atoms with van der Waals surface area (Å²) in [4.78, 5) is 11.9. The monoisotopic (exact) mass is 593 g/mol. The Morgan fingerprint density at radius 3 is 2.41 bits per heavy atom. The van der Waals surface area contributed by atoms with Gasteiger partial charge in [0.2, 0.25) is 5.91 Å². The van der Waals surface area contributed by atoms with E-state index in [4.69, 9.17) is 33.7 Å². The molecular formula is C33H39Cl2N4O2+. The standard InChI is InChI=1S/C33H38Cl2N4O2/c1-23-18-26(19-24(2)33(23)41-22-25-10-6-4-7-11-25)13-14-32-38(3)29-20-27(34)28(35)21-30(29)39(32)17-9-5-8-12-31(40)37-16-15-36/h4,6-7,10-11,13-14,18-21H,5,8-9,12,15-17,22,36H2,1-3H3/p+1/b14-13+. The molecular weight excluding hydrogens is 555 g/mol. The first-order valence-corrected chi connectivity index (χ1v) is 14.8. The lowest BCUT2D eigenvalue weighted by molar-refractivity contribution is -0.647. The lowest BCUT2D eigenvalue weighted by atomic mass is 10.1. The number of ether oxygens (including phenoxy) is 1. The van der Waals surface area contributed by atoms with Gasteiger partial charge in [0, 0.05) is 37.7 Å². The van der Waals surface area contributed by atoms with E-state index in [2.05, 4.69) is 64.7 Å². The van der Waals surface area contributed by atoms with Crippen LogP contribution in [0.4, 0.5) is 0 Å². The number of amides is 1. The summed E-state index contributed by atoms with van der Waals surface area (Å²) in [5.74, 6) is 2.02. The number of hydrogen-bond donors (Lipinski definition) is 2. The van der Waals surface area contributed by atoms with E-state index < -0.39 is 0 Å². The highest BCUT2D eigenvalue weighted by Crippen LogP contribution is 2.29. The van der Waals surface area contributed by atoms with Crippen LogP contribution in [0, 0.1) is 13.8 Å². The van der Waals surface area contributed by atoms with Crippen molar-refractivity contribution in [1.29, 1.82) is 0 Å². The number of rotatable bonds is 13. The largest absolute Gasteiger partial charge is 0.488 e. The average molecular weight is 595 g/mol. The summed E-state index contributed by atoms with van der Waals surface area (Å²) in [6, 6.07) is 18.4. The molecule has 0 fully saturated rings. The van der Waals surface area contributed by atoms with E-state index in [0.717, 1.165) is 70.7 Å². The van der Waals surface area contributed by atoms with E-state index >= 15 is 0 Å². The van der Waals surface area contributed by atoms with Crippen LogP contribution in [0.2, 0.25) is 10.0 Å². The number of aromatic nitrogens is 2. The van der Waals surface area contributed by atoms with Crippen LogP contribution in [0.25, 0.3) is 23.2 Å². The fraction of sp³-hybridized carbons (Fsp3) is 0.333. The Hall–Kier alpha value is -3.32. The first-order valence-electron chi connectivity index (χ1n) is 14.1. The van der Waals surface area contributed by atoms with Crippen molar-refractivity contribution < 1.29 is 14.1 Å². The number of nitrogens with one attached hydrogen (secondary N) is 1. The van der Waals surface area contributed by atoms with Crippen LogP contribution in [-0.2, 0) is 25.0 Å². The number of aryl methyl sites for hydroxylation is 4. The number of nitrogens with zero attached hydrogens (tertiary/aromatic N) is 2. The van der Waals surface area contributed by atoms with Gasteiger partial charge in [0.1, 0.15) is 12.4 Å². The molecule has 0 radical (unpaired) electrons. The SMILES string of the molecule is Cc1cc(/C=C/c2n(CCCCCC(=O)NCCN)c3cc(Cl)c(Cl)cc3[n+]2C)cc(C)c1OCc1ccccc1. The molecule has 1 aromatic heterocycles. The molecule has 0 saturated heterocycles. The van der Waals surface area contributed by atoms with Crippen molar-refractivity contribution in [2.45, 2.75) is 52.7 Å². The van der Waals surface area contributed by atoms with Gasteiger partial charge in [-0.15, -0.1) is 0 Å². The number of benzene rings is 3. The number of hydrogen-bond acceptors (Lipinski definition) is 3. The summed E-state index contributed by atoms with van der Waals surface area (Å²) >= 11 is 12.8. The highest BCUT2D eigenvalue weighted by atomic mass is 35.5. The molecule has 3 aromatic carbocycles. The Kier molecular flexibility index (Phi) is 10.9. The lowest BCUT2D eigenvalue weighted by Crippen LogP contribution is -2.31. The van der Waals surface area contributed by atoms with Gasteiger partial charge in [0.05, 0.1) is 23.6 Å². The molecule has 41 heavy (non-hydrogen) atoms. The second-order valence-corrected chi connectivity index (χ2v) is 11.2. The third kappa shape index (κ3) is 7.91. The van der Waals surface area contributed by atoms with Gasteiger partial charge < -0.3 is 15.8 Å². The molecule has 4 rings (SSSR count). The van der Waals surface area contributed by atoms with E-state index in [1.807, 2.05) is 37.4 Å². The maximum Gasteiger partial charge on any atom is 0.282 e. The highest BCUT2D eigenvalue weighted by molar-refractivity contribution is 6.42. The number of halogens is 2. The number of carbonyl (C=O) groups is 1. The number of carbonyl (C=O) groups excluding carboxylic acids is 1. The van der Waals surface area contributed by atoms with Gasteiger partial charge in [-0.2, -0.15) is 0 Å². The second kappa shape index (κ2) is 14.5. The van der Waals surface area contributed by atoms with Crippen molar-refractivity contribution in [2.24, 2.45) is 12.8 Å². The van der Waals surface area contributed by atoms with Crippen LogP contribution in [0.1, 0.15) is 53.8 Å². The summed E-state index contributed by atoms with van der Waals surface area (Å²) < 4.78 is 10.6. The molecule has 216 valence electrons. The number of nitrogens with two attached hydrogens (primary N) is 1. The molecule has 0 aliphatic carbocycles. The van der Waals surface area contributed by atoms with Gasteiger partial charge in [-0.1, -0.05) is 53.5 Å². The lowest BCUT2D eigenvalue weighted by Gasteiger charge is -2.13. The Balaban J connectivity index is 1.53. The van der Waals surface area contributed by atoms with Crippen LogP contribution < -0.4 is 20.4 Å². The van der Waals surface area contributed by atoms with Gasteiger partial charge in [0.25, 0.3) is 5.82 Å². The van der Waals surface area contributed by atoms with Crippen LogP contribution in [0.15, 0.2) is 54.6 Å². The smallest absolute Gasteiger partial charge is 0.282 e. The third-order valence-corrected chi connectivity index (χ3v) is 7.90. The number of unbranched alkanes of at least 4 members (excludes halogenated alkanes) is 2. The molecule has 1 heterocycles. The van der Waals surface area contributed by atoms with Crippen LogP contribution >= 0.6 is 23.2 Å². The maximum absolute atomic E-state index is 11.9. The Morgan fingerprint density at radius 1 is 1.00 bits per heavy atom. The second-order valence-electron chi connectivity index (χ2n) is 10.4. The highest BCUT2D eigenvalue weighted by Gasteiger charge is 2.22. The van der Waals surface area contributed by atoms with Gasteiger partial charge in [0.15, 0.2) is 11.0 Å². The molecule has 0 bridgehead atoms. The summed E-state index contributed by atoms with van der Waals surface area (Å²) in [7, 11) is 2.04. The van der Waals surface area contributed by atoms with Crippen molar-refractivity contribution in [3.8, 4) is 5.75 Å². The molecule has 8 heteroatoms. The Bertz CT molecular complexity index is 1510. The summed E-state index contributed by atoms with van der Waals surface area (Å²) in [5, 5.41) is 3.89. The minimum Gasteiger partial charge on any atom is -0.488 e. The Morgan fingerprint density at radius 2 is 1.71 bits per heavy atom. The van der Waals surface area contributed by atoms with Crippen LogP contribution in [-0.4, -0.2) is 23.6 Å². The molecule has 0 atom stereocenters. The van der Waals surface area contributed by atoms with E-state index in [1.165, 1.54) is 0 Å². The quantitative estimate of drug-likeness (QED) is 0.133.